The number of rotatable bonds is 6. The third kappa shape index (κ3) is 4.02. The Kier molecular flexibility index (Phi) is 6.05. The highest BCUT2D eigenvalue weighted by molar-refractivity contribution is 7.93. The van der Waals surface area contributed by atoms with Gasteiger partial charge < -0.3 is 5.32 Å². The van der Waals surface area contributed by atoms with Gasteiger partial charge in [0.2, 0.25) is 0 Å². The van der Waals surface area contributed by atoms with Gasteiger partial charge in [0, 0.05) is 25.6 Å². The molecule has 9 heteroatoms. The van der Waals surface area contributed by atoms with E-state index in [1.165, 1.54) is 22.5 Å². The lowest BCUT2D eigenvalue weighted by atomic mass is 10.0. The predicted octanol–water partition coefficient (Wildman–Crippen LogP) is 3.46. The molecule has 1 aliphatic rings. The molecule has 6 nitrogen and oxygen atoms in total. The summed E-state index contributed by atoms with van der Waals surface area (Å²) in [5, 5.41) is 7.51. The van der Waals surface area contributed by atoms with Gasteiger partial charge in [-0.15, -0.1) is 0 Å². The van der Waals surface area contributed by atoms with Gasteiger partial charge in [-0.1, -0.05) is 18.2 Å². The Balaban J connectivity index is 1.72. The second kappa shape index (κ2) is 8.63. The van der Waals surface area contributed by atoms with E-state index >= 15 is 0 Å². The number of hydrogen-bond donors (Lipinski definition) is 1. The van der Waals surface area contributed by atoms with Crippen LogP contribution in [0.25, 0.3) is 0 Å². The molecule has 1 N–H and O–H groups in total. The smallest absolute Gasteiger partial charge is 0.268 e. The molecule has 1 fully saturated rings. The molecule has 0 unspecified atom stereocenters. The zero-order valence-electron chi connectivity index (χ0n) is 18.3. The fourth-order valence-corrected chi connectivity index (χ4v) is 6.37. The highest BCUT2D eigenvalue weighted by Gasteiger charge is 2.36. The van der Waals surface area contributed by atoms with Crippen molar-refractivity contribution in [3.05, 3.63) is 76.6 Å². The molecule has 0 bridgehead atoms. The van der Waals surface area contributed by atoms with Crippen molar-refractivity contribution in [2.75, 3.05) is 17.4 Å². The number of anilines is 1. The maximum absolute atomic E-state index is 14.0. The summed E-state index contributed by atoms with van der Waals surface area (Å²) in [5.74, 6) is -1.20. The predicted molar refractivity (Wildman–Crippen MR) is 119 cm³/mol. The highest BCUT2D eigenvalue weighted by Crippen LogP contribution is 2.32. The van der Waals surface area contributed by atoms with Crippen LogP contribution in [0, 0.1) is 25.5 Å². The summed E-state index contributed by atoms with van der Waals surface area (Å²) < 4.78 is 58.7. The zero-order chi connectivity index (χ0) is 23.0. The highest BCUT2D eigenvalue weighted by atomic mass is 32.2. The average molecular weight is 461 g/mol. The Morgan fingerprint density at radius 3 is 2.31 bits per heavy atom. The third-order valence-electron chi connectivity index (χ3n) is 5.96. The number of sulfonamides is 1. The van der Waals surface area contributed by atoms with E-state index in [4.69, 9.17) is 0 Å². The Morgan fingerprint density at radius 2 is 1.78 bits per heavy atom. The monoisotopic (exact) mass is 460 g/mol. The third-order valence-corrected chi connectivity index (χ3v) is 8.09. The molecule has 170 valence electrons. The maximum atomic E-state index is 14.0. The fraction of sp³-hybridized carbons (Fsp3) is 0.348. The van der Waals surface area contributed by atoms with Crippen molar-refractivity contribution >= 4 is 15.7 Å². The summed E-state index contributed by atoms with van der Waals surface area (Å²) in [6.07, 6.45) is 0.761. The number of nitrogens with one attached hydrogen (secondary N) is 1. The minimum Gasteiger partial charge on any atom is -0.315 e. The van der Waals surface area contributed by atoms with Gasteiger partial charge in [-0.25, -0.2) is 17.2 Å². The van der Waals surface area contributed by atoms with Crippen molar-refractivity contribution in [3.8, 4) is 0 Å². The molecule has 0 spiro atoms. The molecule has 0 radical (unpaired) electrons. The van der Waals surface area contributed by atoms with Gasteiger partial charge in [-0.05, 0) is 56.6 Å². The molecule has 0 saturated carbocycles. The lowest BCUT2D eigenvalue weighted by Crippen LogP contribution is -2.42. The van der Waals surface area contributed by atoms with Gasteiger partial charge >= 0.3 is 0 Å². The fourth-order valence-electron chi connectivity index (χ4n) is 4.28. The second-order valence-electron chi connectivity index (χ2n) is 8.11. The first-order chi connectivity index (χ1) is 15.2. The van der Waals surface area contributed by atoms with Crippen molar-refractivity contribution in [1.82, 2.24) is 15.1 Å². The number of hydrogen-bond acceptors (Lipinski definition) is 4. The molecule has 2 heterocycles. The summed E-state index contributed by atoms with van der Waals surface area (Å²) in [6, 6.07) is 10.4. The molecule has 0 aliphatic carbocycles. The Hall–Kier alpha value is -2.78. The average Bonchev–Trinajstić information content (AvgIpc) is 3.34. The molecule has 1 atom stereocenters. The quantitative estimate of drug-likeness (QED) is 0.612. The normalized spacial score (nSPS) is 16.5. The minimum atomic E-state index is -3.87. The van der Waals surface area contributed by atoms with E-state index in [1.54, 1.807) is 49.8 Å². The van der Waals surface area contributed by atoms with E-state index in [1.807, 2.05) is 0 Å². The SMILES string of the molecule is Cc1nn(C)c(C)c1S(=O)(=O)N(c1ccc(Cc2c(F)cccc2F)cc1)[C@H]1CCNC1. The molecule has 1 aliphatic heterocycles. The van der Waals surface area contributed by atoms with Crippen molar-refractivity contribution in [3.63, 3.8) is 0 Å². The van der Waals surface area contributed by atoms with Crippen LogP contribution in [0.4, 0.5) is 14.5 Å². The van der Waals surface area contributed by atoms with E-state index in [0.29, 0.717) is 35.6 Å². The van der Waals surface area contributed by atoms with Gasteiger partial charge in [-0.3, -0.25) is 8.99 Å². The first-order valence-electron chi connectivity index (χ1n) is 10.5. The number of benzene rings is 2. The molecule has 1 aromatic heterocycles. The molecule has 32 heavy (non-hydrogen) atoms. The van der Waals surface area contributed by atoms with Crippen molar-refractivity contribution < 1.29 is 17.2 Å². The van der Waals surface area contributed by atoms with Crippen LogP contribution in [0.2, 0.25) is 0 Å². The number of aromatic nitrogens is 2. The van der Waals surface area contributed by atoms with Crippen LogP contribution in [0.15, 0.2) is 47.4 Å². The topological polar surface area (TPSA) is 67.2 Å². The molecule has 1 saturated heterocycles. The maximum Gasteiger partial charge on any atom is 0.268 e. The van der Waals surface area contributed by atoms with Crippen LogP contribution in [-0.4, -0.2) is 37.3 Å². The molecular weight excluding hydrogens is 434 g/mol. The van der Waals surface area contributed by atoms with Crippen LogP contribution in [0.1, 0.15) is 28.9 Å². The lowest BCUT2D eigenvalue weighted by molar-refractivity contribution is 0.561. The van der Waals surface area contributed by atoms with Gasteiger partial charge in [0.15, 0.2) is 0 Å². The van der Waals surface area contributed by atoms with Crippen molar-refractivity contribution in [1.29, 1.82) is 0 Å². The zero-order valence-corrected chi connectivity index (χ0v) is 19.1. The van der Waals surface area contributed by atoms with Gasteiger partial charge in [0.05, 0.1) is 23.1 Å². The van der Waals surface area contributed by atoms with Gasteiger partial charge in [0.1, 0.15) is 16.5 Å². The second-order valence-corrected chi connectivity index (χ2v) is 9.87. The number of aryl methyl sites for hydroxylation is 2. The van der Waals surface area contributed by atoms with Crippen LogP contribution in [0.3, 0.4) is 0 Å². The standard InChI is InChI=1S/C23H26F2N4O2S/c1-15-23(16(2)28(3)27-15)32(30,31)29(19-11-12-26-14-19)18-9-7-17(8-10-18)13-20-21(24)5-4-6-22(20)25/h4-10,19,26H,11-14H2,1-3H3/t19-/m0/s1. The summed E-state index contributed by atoms with van der Waals surface area (Å²) in [7, 11) is -2.15. The summed E-state index contributed by atoms with van der Waals surface area (Å²) in [6.45, 7) is 4.70. The summed E-state index contributed by atoms with van der Waals surface area (Å²) in [4.78, 5) is 0.212. The van der Waals surface area contributed by atoms with Gasteiger partial charge in [0.25, 0.3) is 10.0 Å². The largest absolute Gasteiger partial charge is 0.315 e. The summed E-state index contributed by atoms with van der Waals surface area (Å²) >= 11 is 0. The molecule has 3 aromatic rings. The Morgan fingerprint density at radius 1 is 1.12 bits per heavy atom. The lowest BCUT2D eigenvalue weighted by Gasteiger charge is -2.30. The van der Waals surface area contributed by atoms with Crippen LogP contribution in [0.5, 0.6) is 0 Å². The van der Waals surface area contributed by atoms with Crippen LogP contribution in [-0.2, 0) is 23.5 Å². The van der Waals surface area contributed by atoms with Crippen molar-refractivity contribution in [2.24, 2.45) is 7.05 Å². The Bertz CT molecular complexity index is 1210. The molecule has 2 aromatic carbocycles. The van der Waals surface area contributed by atoms with Crippen molar-refractivity contribution in [2.45, 2.75) is 37.6 Å². The van der Waals surface area contributed by atoms with E-state index in [-0.39, 0.29) is 22.9 Å². The Labute approximate surface area is 186 Å². The number of halogens is 2. The van der Waals surface area contributed by atoms with Gasteiger partial charge in [-0.2, -0.15) is 5.10 Å². The minimum absolute atomic E-state index is 0.00803. The van der Waals surface area contributed by atoms with Crippen LogP contribution < -0.4 is 9.62 Å². The number of nitrogens with zero attached hydrogens (tertiary/aromatic N) is 3. The molecule has 4 rings (SSSR count). The van der Waals surface area contributed by atoms with E-state index in [9.17, 15) is 17.2 Å². The van der Waals surface area contributed by atoms with E-state index in [0.717, 1.165) is 6.54 Å². The van der Waals surface area contributed by atoms with E-state index in [2.05, 4.69) is 10.4 Å². The van der Waals surface area contributed by atoms with Crippen LogP contribution >= 0.6 is 0 Å². The molecule has 0 amide bonds. The first kappa shape index (κ1) is 22.4. The first-order valence-corrected chi connectivity index (χ1v) is 11.9. The molecular formula is C23H26F2N4O2S. The van der Waals surface area contributed by atoms with E-state index < -0.39 is 21.7 Å². The summed E-state index contributed by atoms with van der Waals surface area (Å²) in [5.41, 5.74) is 2.22.